The first-order chi connectivity index (χ1) is 15.5. The molecule has 0 saturated heterocycles. The molecule has 1 heterocycles. The van der Waals surface area contributed by atoms with Crippen LogP contribution >= 0.6 is 11.8 Å². The third-order valence-electron chi connectivity index (χ3n) is 4.46. The number of rotatable bonds is 7. The molecule has 1 amide bonds. The Hall–Kier alpha value is -3.12. The lowest BCUT2D eigenvalue weighted by Gasteiger charge is -2.09. The average Bonchev–Trinajstić information content (AvgIpc) is 2.77. The summed E-state index contributed by atoms with van der Waals surface area (Å²) in [5.74, 6) is -0.476. The zero-order chi connectivity index (χ0) is 24.2. The van der Waals surface area contributed by atoms with Crippen LogP contribution in [0.15, 0.2) is 74.5 Å². The van der Waals surface area contributed by atoms with Crippen molar-refractivity contribution in [1.82, 2.24) is 9.97 Å². The first-order valence-corrected chi connectivity index (χ1v) is 12.0. The van der Waals surface area contributed by atoms with E-state index < -0.39 is 36.9 Å². The molecule has 2 aromatic carbocycles. The van der Waals surface area contributed by atoms with Gasteiger partial charge in [-0.2, -0.15) is 13.2 Å². The van der Waals surface area contributed by atoms with Gasteiger partial charge in [-0.3, -0.25) is 9.59 Å². The van der Waals surface area contributed by atoms with Crippen LogP contribution in [0.25, 0.3) is 0 Å². The maximum Gasteiger partial charge on any atom is 0.416 e. The summed E-state index contributed by atoms with van der Waals surface area (Å²) in [6.07, 6.45) is -3.17. The van der Waals surface area contributed by atoms with E-state index in [4.69, 9.17) is 0 Å². The fourth-order valence-corrected chi connectivity index (χ4v) is 4.71. The lowest BCUT2D eigenvalue weighted by atomic mass is 10.1. The normalized spacial score (nSPS) is 11.9. The molecule has 2 N–H and O–H groups in total. The predicted molar refractivity (Wildman–Crippen MR) is 117 cm³/mol. The van der Waals surface area contributed by atoms with Crippen LogP contribution in [0.1, 0.15) is 18.1 Å². The van der Waals surface area contributed by atoms with Gasteiger partial charge in [0.25, 0.3) is 5.56 Å². The number of hydrogen-bond donors (Lipinski definition) is 2. The minimum Gasteiger partial charge on any atom is -0.325 e. The number of benzene rings is 2. The van der Waals surface area contributed by atoms with Gasteiger partial charge in [0, 0.05) is 5.69 Å². The fraction of sp³-hybridized carbons (Fsp3) is 0.190. The maximum absolute atomic E-state index is 12.9. The first kappa shape index (κ1) is 24.5. The van der Waals surface area contributed by atoms with Crippen LogP contribution in [0.3, 0.4) is 0 Å². The van der Waals surface area contributed by atoms with Gasteiger partial charge < -0.3 is 10.3 Å². The molecule has 12 heteroatoms. The number of sulfone groups is 1. The molecular weight excluding hydrogens is 479 g/mol. The number of aromatic nitrogens is 2. The summed E-state index contributed by atoms with van der Waals surface area (Å²) in [6, 6.07) is 10.4. The van der Waals surface area contributed by atoms with Crippen molar-refractivity contribution in [3.63, 3.8) is 0 Å². The molecule has 174 valence electrons. The Morgan fingerprint density at radius 2 is 1.88 bits per heavy atom. The van der Waals surface area contributed by atoms with Crippen molar-refractivity contribution in [2.45, 2.75) is 34.5 Å². The zero-order valence-electron chi connectivity index (χ0n) is 17.1. The van der Waals surface area contributed by atoms with Gasteiger partial charge in [-0.15, -0.1) is 0 Å². The lowest BCUT2D eigenvalue weighted by Crippen LogP contribution is -2.20. The summed E-state index contributed by atoms with van der Waals surface area (Å²) in [5.41, 5.74) is -0.551. The molecule has 1 aromatic heterocycles. The second-order valence-electron chi connectivity index (χ2n) is 6.80. The molecular formula is C21H18F3N3O4S2. The SMILES string of the molecule is CCc1cccc(NC(=O)CSc2ncc(S(=O)(=O)c3cccc(C(F)(F)F)c3)c(=O)[nH]2)c1. The van der Waals surface area contributed by atoms with E-state index in [1.54, 1.807) is 6.07 Å². The Balaban J connectivity index is 1.73. The number of amides is 1. The number of carbonyl (C=O) groups is 1. The second-order valence-corrected chi connectivity index (χ2v) is 9.68. The third kappa shape index (κ3) is 6.02. The van der Waals surface area contributed by atoms with Gasteiger partial charge in [0.05, 0.1) is 22.4 Å². The van der Waals surface area contributed by atoms with Crippen LogP contribution < -0.4 is 10.9 Å². The van der Waals surface area contributed by atoms with E-state index in [9.17, 15) is 31.2 Å². The number of nitrogens with zero attached hydrogens (tertiary/aromatic N) is 1. The van der Waals surface area contributed by atoms with Crippen molar-refractivity contribution >= 4 is 33.2 Å². The van der Waals surface area contributed by atoms with E-state index in [0.29, 0.717) is 11.8 Å². The van der Waals surface area contributed by atoms with Gasteiger partial charge in [0.2, 0.25) is 15.7 Å². The number of carbonyl (C=O) groups excluding carboxylic acids is 1. The Kier molecular flexibility index (Phi) is 7.28. The molecule has 0 unspecified atom stereocenters. The molecule has 0 saturated carbocycles. The smallest absolute Gasteiger partial charge is 0.325 e. The van der Waals surface area contributed by atoms with Gasteiger partial charge in [0.15, 0.2) is 10.1 Å². The number of aryl methyl sites for hydroxylation is 1. The first-order valence-electron chi connectivity index (χ1n) is 9.54. The average molecular weight is 498 g/mol. The Labute approximate surface area is 191 Å². The molecule has 0 atom stereocenters. The van der Waals surface area contributed by atoms with Gasteiger partial charge in [-0.25, -0.2) is 13.4 Å². The molecule has 0 radical (unpaired) electrons. The van der Waals surface area contributed by atoms with Gasteiger partial charge >= 0.3 is 6.18 Å². The minimum atomic E-state index is -4.74. The molecule has 0 aliphatic carbocycles. The number of alkyl halides is 3. The van der Waals surface area contributed by atoms with Crippen LogP contribution in [0.2, 0.25) is 0 Å². The molecule has 0 aliphatic rings. The van der Waals surface area contributed by atoms with E-state index >= 15 is 0 Å². The summed E-state index contributed by atoms with van der Waals surface area (Å²) < 4.78 is 64.1. The Morgan fingerprint density at radius 3 is 2.55 bits per heavy atom. The molecule has 0 spiro atoms. The summed E-state index contributed by atoms with van der Waals surface area (Å²) >= 11 is 0.871. The van der Waals surface area contributed by atoms with Gasteiger partial charge in [-0.1, -0.05) is 36.9 Å². The Morgan fingerprint density at radius 1 is 1.15 bits per heavy atom. The molecule has 0 aliphatic heterocycles. The van der Waals surface area contributed by atoms with Crippen molar-refractivity contribution in [3.05, 3.63) is 76.2 Å². The van der Waals surface area contributed by atoms with Crippen molar-refractivity contribution < 1.29 is 26.4 Å². The van der Waals surface area contributed by atoms with E-state index in [1.165, 1.54) is 0 Å². The monoisotopic (exact) mass is 497 g/mol. The summed E-state index contributed by atoms with van der Waals surface area (Å²) in [5, 5.41) is 2.70. The number of H-pyrrole nitrogens is 1. The van der Waals surface area contributed by atoms with Crippen LogP contribution in [0.5, 0.6) is 0 Å². The van der Waals surface area contributed by atoms with Gasteiger partial charge in [0.1, 0.15) is 0 Å². The number of hydrogen-bond acceptors (Lipinski definition) is 6. The quantitative estimate of drug-likeness (QED) is 0.378. The molecule has 3 aromatic rings. The summed E-state index contributed by atoms with van der Waals surface area (Å²) in [7, 11) is -4.54. The largest absolute Gasteiger partial charge is 0.416 e. The summed E-state index contributed by atoms with van der Waals surface area (Å²) in [6.45, 7) is 1.98. The topological polar surface area (TPSA) is 109 Å². The van der Waals surface area contributed by atoms with E-state index in [-0.39, 0.29) is 16.8 Å². The van der Waals surface area contributed by atoms with E-state index in [1.807, 2.05) is 25.1 Å². The van der Waals surface area contributed by atoms with Crippen molar-refractivity contribution in [3.8, 4) is 0 Å². The highest BCUT2D eigenvalue weighted by molar-refractivity contribution is 7.99. The predicted octanol–water partition coefficient (Wildman–Crippen LogP) is 3.91. The fourth-order valence-electron chi connectivity index (χ4n) is 2.80. The van der Waals surface area contributed by atoms with Crippen LogP contribution in [0, 0.1) is 0 Å². The maximum atomic E-state index is 12.9. The highest BCUT2D eigenvalue weighted by Crippen LogP contribution is 2.31. The number of halogens is 3. The molecule has 0 fully saturated rings. The standard InChI is InChI=1S/C21H18F3N3O4S2/c1-2-13-5-3-7-15(9-13)26-18(28)12-32-20-25-11-17(19(29)27-20)33(30,31)16-8-4-6-14(10-16)21(22,23)24/h3-11H,2,12H2,1H3,(H,26,28)(H,25,27,29). The number of aromatic amines is 1. The molecule has 3 rings (SSSR count). The van der Waals surface area contributed by atoms with Gasteiger partial charge in [-0.05, 0) is 42.3 Å². The number of thioether (sulfide) groups is 1. The van der Waals surface area contributed by atoms with Crippen molar-refractivity contribution in [2.24, 2.45) is 0 Å². The van der Waals surface area contributed by atoms with Crippen LogP contribution in [-0.4, -0.2) is 30.0 Å². The number of nitrogens with one attached hydrogen (secondary N) is 2. The van der Waals surface area contributed by atoms with Crippen LogP contribution in [-0.2, 0) is 27.2 Å². The van der Waals surface area contributed by atoms with Crippen molar-refractivity contribution in [1.29, 1.82) is 0 Å². The number of anilines is 1. The van der Waals surface area contributed by atoms with Crippen molar-refractivity contribution in [2.75, 3.05) is 11.1 Å². The molecule has 0 bridgehead atoms. The Bertz CT molecular complexity index is 1340. The second kappa shape index (κ2) is 9.79. The molecule has 7 nitrogen and oxygen atoms in total. The highest BCUT2D eigenvalue weighted by Gasteiger charge is 2.32. The minimum absolute atomic E-state index is 0.0135. The van der Waals surface area contributed by atoms with E-state index in [2.05, 4.69) is 15.3 Å². The lowest BCUT2D eigenvalue weighted by molar-refractivity contribution is -0.137. The van der Waals surface area contributed by atoms with E-state index in [0.717, 1.165) is 48.1 Å². The molecule has 33 heavy (non-hydrogen) atoms. The third-order valence-corrected chi connectivity index (χ3v) is 7.10. The van der Waals surface area contributed by atoms with Crippen LogP contribution in [0.4, 0.5) is 18.9 Å². The zero-order valence-corrected chi connectivity index (χ0v) is 18.8. The summed E-state index contributed by atoms with van der Waals surface area (Å²) in [4.78, 5) is 29.1. The highest BCUT2D eigenvalue weighted by atomic mass is 32.2.